The van der Waals surface area contributed by atoms with E-state index in [1.807, 2.05) is 0 Å². The maximum atomic E-state index is 12.3. The van der Waals surface area contributed by atoms with Gasteiger partial charge in [0.25, 0.3) is 10.0 Å². The molecule has 0 fully saturated rings. The summed E-state index contributed by atoms with van der Waals surface area (Å²) in [5.74, 6) is 0.0897. The van der Waals surface area contributed by atoms with Gasteiger partial charge in [0.15, 0.2) is 17.9 Å². The van der Waals surface area contributed by atoms with E-state index in [1.165, 1.54) is 24.6 Å². The first-order valence-electron chi connectivity index (χ1n) is 6.46. The van der Waals surface area contributed by atoms with Crippen molar-refractivity contribution in [1.82, 2.24) is 4.98 Å². The monoisotopic (exact) mass is 350 g/mol. The third-order valence-corrected chi connectivity index (χ3v) is 4.81. The van der Waals surface area contributed by atoms with Crippen LogP contribution in [0.3, 0.4) is 0 Å². The highest BCUT2D eigenvalue weighted by molar-refractivity contribution is 7.92. The van der Waals surface area contributed by atoms with E-state index < -0.39 is 15.8 Å². The molecular formula is C15H11ClN2O4S. The van der Waals surface area contributed by atoms with Crippen molar-refractivity contribution in [2.75, 3.05) is 4.72 Å². The van der Waals surface area contributed by atoms with Gasteiger partial charge in [0.05, 0.1) is 11.2 Å². The average molecular weight is 351 g/mol. The summed E-state index contributed by atoms with van der Waals surface area (Å²) < 4.78 is 32.2. The molecule has 6 nitrogen and oxygen atoms in total. The summed E-state index contributed by atoms with van der Waals surface area (Å²) in [4.78, 5) is 3.53. The van der Waals surface area contributed by atoms with Gasteiger partial charge in [-0.1, -0.05) is 17.7 Å². The Morgan fingerprint density at radius 3 is 2.52 bits per heavy atom. The van der Waals surface area contributed by atoms with E-state index in [0.717, 1.165) is 5.56 Å². The number of oxazole rings is 1. The summed E-state index contributed by atoms with van der Waals surface area (Å²) in [6, 6.07) is 10.7. The fourth-order valence-corrected chi connectivity index (χ4v) is 3.39. The van der Waals surface area contributed by atoms with Crippen molar-refractivity contribution in [1.29, 1.82) is 0 Å². The molecule has 8 heteroatoms. The third kappa shape index (κ3) is 3.15. The van der Waals surface area contributed by atoms with Crippen LogP contribution >= 0.6 is 11.6 Å². The highest BCUT2D eigenvalue weighted by atomic mass is 35.5. The first-order chi connectivity index (χ1) is 11.0. The number of benzene rings is 2. The molecule has 0 unspecified atom stereocenters. The Morgan fingerprint density at radius 2 is 1.87 bits per heavy atom. The summed E-state index contributed by atoms with van der Waals surface area (Å²) in [5, 5.41) is 9.78. The highest BCUT2D eigenvalue weighted by Crippen LogP contribution is 2.31. The number of phenolic OH excluding ortho intramolecular Hbond substituents is 1. The highest BCUT2D eigenvalue weighted by Gasteiger charge is 2.20. The van der Waals surface area contributed by atoms with Gasteiger partial charge in [-0.15, -0.1) is 0 Å². The fourth-order valence-electron chi connectivity index (χ4n) is 1.98. The first-order valence-corrected chi connectivity index (χ1v) is 8.33. The number of nitrogens with one attached hydrogen (secondary N) is 1. The molecule has 0 saturated heterocycles. The summed E-state index contributed by atoms with van der Waals surface area (Å²) in [6.07, 6.45) is 2.87. The van der Waals surface area contributed by atoms with Crippen LogP contribution in [0.15, 0.2) is 64.4 Å². The molecule has 1 aromatic heterocycles. The number of sulfonamides is 1. The van der Waals surface area contributed by atoms with Crippen molar-refractivity contribution >= 4 is 27.3 Å². The van der Waals surface area contributed by atoms with Gasteiger partial charge in [-0.2, -0.15) is 0 Å². The summed E-state index contributed by atoms with van der Waals surface area (Å²) in [6.45, 7) is 0. The second kappa shape index (κ2) is 5.94. The predicted octanol–water partition coefficient (Wildman–Crippen LogP) is 3.50. The Bertz CT molecular complexity index is 923. The van der Waals surface area contributed by atoms with E-state index in [-0.39, 0.29) is 9.92 Å². The largest absolute Gasteiger partial charge is 0.505 e. The van der Waals surface area contributed by atoms with Gasteiger partial charge in [0, 0.05) is 11.3 Å². The summed E-state index contributed by atoms with van der Waals surface area (Å²) in [7, 11) is -3.95. The van der Waals surface area contributed by atoms with Crippen LogP contribution in [0.5, 0.6) is 5.75 Å². The zero-order chi connectivity index (χ0) is 16.4. The lowest BCUT2D eigenvalue weighted by Gasteiger charge is -2.10. The van der Waals surface area contributed by atoms with Crippen molar-refractivity contribution in [3.63, 3.8) is 0 Å². The van der Waals surface area contributed by atoms with Gasteiger partial charge in [-0.3, -0.25) is 4.72 Å². The molecule has 23 heavy (non-hydrogen) atoms. The van der Waals surface area contributed by atoms with Gasteiger partial charge in [-0.25, -0.2) is 13.4 Å². The van der Waals surface area contributed by atoms with E-state index in [1.54, 1.807) is 30.5 Å². The van der Waals surface area contributed by atoms with E-state index in [2.05, 4.69) is 9.71 Å². The molecule has 3 rings (SSSR count). The molecular weight excluding hydrogens is 340 g/mol. The minimum absolute atomic E-state index is 0.0338. The molecule has 2 N–H and O–H groups in total. The topological polar surface area (TPSA) is 92.4 Å². The van der Waals surface area contributed by atoms with Crippen LogP contribution < -0.4 is 4.72 Å². The molecule has 0 aliphatic heterocycles. The lowest BCUT2D eigenvalue weighted by Crippen LogP contribution is -2.13. The third-order valence-electron chi connectivity index (χ3n) is 3.09. The number of para-hydroxylation sites is 1. The molecule has 0 atom stereocenters. The molecule has 0 radical (unpaired) electrons. The number of anilines is 1. The molecule has 118 valence electrons. The minimum atomic E-state index is -3.95. The van der Waals surface area contributed by atoms with Gasteiger partial charge < -0.3 is 9.52 Å². The van der Waals surface area contributed by atoms with Gasteiger partial charge in [-0.05, 0) is 36.4 Å². The van der Waals surface area contributed by atoms with Crippen molar-refractivity contribution < 1.29 is 17.9 Å². The Hall–Kier alpha value is -2.51. The number of aromatic hydroxyl groups is 1. The Kier molecular flexibility index (Phi) is 3.97. The van der Waals surface area contributed by atoms with Crippen LogP contribution in [0, 0.1) is 0 Å². The number of phenols is 1. The van der Waals surface area contributed by atoms with Crippen LogP contribution in [0.4, 0.5) is 5.69 Å². The predicted molar refractivity (Wildman–Crippen MR) is 85.9 cm³/mol. The number of halogens is 1. The number of nitrogens with zero attached hydrogens (tertiary/aromatic N) is 1. The Balaban J connectivity index is 1.87. The number of aromatic nitrogens is 1. The van der Waals surface area contributed by atoms with E-state index in [4.69, 9.17) is 16.0 Å². The smallest absolute Gasteiger partial charge is 0.265 e. The molecule has 2 aromatic carbocycles. The van der Waals surface area contributed by atoms with Crippen LogP contribution in [0.1, 0.15) is 0 Å². The molecule has 0 amide bonds. The van der Waals surface area contributed by atoms with Crippen LogP contribution in [0.2, 0.25) is 5.02 Å². The Labute approximate surface area is 137 Å². The van der Waals surface area contributed by atoms with Crippen LogP contribution in [-0.2, 0) is 10.0 Å². The maximum Gasteiger partial charge on any atom is 0.265 e. The molecule has 0 saturated carbocycles. The van der Waals surface area contributed by atoms with E-state index in [0.29, 0.717) is 11.4 Å². The summed E-state index contributed by atoms with van der Waals surface area (Å²) in [5.41, 5.74) is 1.10. The molecule has 0 aliphatic rings. The second-order valence-corrected chi connectivity index (χ2v) is 6.69. The van der Waals surface area contributed by atoms with Crippen LogP contribution in [0.25, 0.3) is 11.3 Å². The van der Waals surface area contributed by atoms with Gasteiger partial charge in [0.2, 0.25) is 0 Å². The maximum absolute atomic E-state index is 12.3. The minimum Gasteiger partial charge on any atom is -0.505 e. The van der Waals surface area contributed by atoms with Gasteiger partial charge in [0.1, 0.15) is 4.90 Å². The van der Waals surface area contributed by atoms with Crippen LogP contribution in [-0.4, -0.2) is 18.5 Å². The van der Waals surface area contributed by atoms with E-state index >= 15 is 0 Å². The Morgan fingerprint density at radius 1 is 1.13 bits per heavy atom. The first kappa shape index (κ1) is 15.4. The molecule has 0 spiro atoms. The molecule has 0 aliphatic carbocycles. The molecule has 1 heterocycles. The van der Waals surface area contributed by atoms with Crippen molar-refractivity contribution in [2.45, 2.75) is 4.90 Å². The SMILES string of the molecule is O=S(=O)(Nc1ccc(-c2cnco2)cc1)c1cccc(Cl)c1O. The lowest BCUT2D eigenvalue weighted by atomic mass is 10.2. The van der Waals surface area contributed by atoms with Crippen molar-refractivity contribution in [2.24, 2.45) is 0 Å². The van der Waals surface area contributed by atoms with Crippen molar-refractivity contribution in [3.05, 3.63) is 60.1 Å². The zero-order valence-electron chi connectivity index (χ0n) is 11.6. The molecule has 3 aromatic rings. The number of rotatable bonds is 4. The quantitative estimate of drug-likeness (QED) is 0.751. The number of hydrogen-bond acceptors (Lipinski definition) is 5. The standard InChI is InChI=1S/C15H11ClN2O4S/c16-12-2-1-3-14(15(12)19)23(20,21)18-11-6-4-10(5-7-11)13-8-17-9-22-13/h1-9,18-19H. The fraction of sp³-hybridized carbons (Fsp3) is 0. The zero-order valence-corrected chi connectivity index (χ0v) is 13.2. The molecule has 0 bridgehead atoms. The second-order valence-electron chi connectivity index (χ2n) is 4.64. The number of hydrogen-bond donors (Lipinski definition) is 2. The van der Waals surface area contributed by atoms with Gasteiger partial charge >= 0.3 is 0 Å². The normalized spacial score (nSPS) is 11.3. The van der Waals surface area contributed by atoms with E-state index in [9.17, 15) is 13.5 Å². The average Bonchev–Trinajstić information content (AvgIpc) is 3.04. The lowest BCUT2D eigenvalue weighted by molar-refractivity contribution is 0.459. The summed E-state index contributed by atoms with van der Waals surface area (Å²) >= 11 is 5.74. The van der Waals surface area contributed by atoms with Crippen molar-refractivity contribution in [3.8, 4) is 17.1 Å².